The van der Waals surface area contributed by atoms with E-state index in [2.05, 4.69) is 0 Å². The van der Waals surface area contributed by atoms with Gasteiger partial charge in [0, 0.05) is 42.1 Å². The summed E-state index contributed by atoms with van der Waals surface area (Å²) in [6.07, 6.45) is 0. The van der Waals surface area contributed by atoms with Gasteiger partial charge in [0.1, 0.15) is 0 Å². The summed E-state index contributed by atoms with van der Waals surface area (Å²) < 4.78 is 0. The number of hydrogen-bond acceptors (Lipinski definition) is 2. The summed E-state index contributed by atoms with van der Waals surface area (Å²) in [4.78, 5) is 0. The van der Waals surface area contributed by atoms with Crippen molar-refractivity contribution < 1.29 is 42.1 Å². The van der Waals surface area contributed by atoms with E-state index in [4.69, 9.17) is 0 Å². The summed E-state index contributed by atoms with van der Waals surface area (Å²) in [7, 11) is 0. The second kappa shape index (κ2) is 27.8. The second-order valence-corrected chi connectivity index (χ2v) is 0. The van der Waals surface area contributed by atoms with Crippen LogP contribution in [0, 0.1) is 0 Å². The van der Waals surface area contributed by atoms with Crippen molar-refractivity contribution in [1.82, 2.24) is 12.3 Å². The van der Waals surface area contributed by atoms with E-state index in [-0.39, 0.29) is 54.4 Å². The molecule has 0 aromatic carbocycles. The Morgan fingerprint density at radius 2 is 0.500 bits per heavy atom. The average molecular weight is 226 g/mol. The van der Waals surface area contributed by atoms with Crippen LogP contribution in [0.25, 0.3) is 0 Å². The molecule has 4 heavy (non-hydrogen) atoms. The smallest absolute Gasteiger partial charge is 0 e. The fraction of sp³-hybridized carbons (Fsp3) is 0. The molecule has 28 valence electrons. The third-order valence-corrected chi connectivity index (χ3v) is 0. The zero-order valence-electron chi connectivity index (χ0n) is 2.23. The van der Waals surface area contributed by atoms with Crippen LogP contribution in [0.2, 0.25) is 0 Å². The van der Waals surface area contributed by atoms with Gasteiger partial charge < -0.3 is 12.3 Å². The van der Waals surface area contributed by atoms with Crippen molar-refractivity contribution in [3.8, 4) is 0 Å². The summed E-state index contributed by atoms with van der Waals surface area (Å²) in [6.45, 7) is 0. The average Bonchev–Trinajstić information content (AvgIpc) is 0. The minimum absolute atomic E-state index is 0. The molecule has 0 spiro atoms. The Morgan fingerprint density at radius 1 is 0.500 bits per heavy atom. The molecule has 0 heterocycles. The van der Waals surface area contributed by atoms with Crippen LogP contribution >= 0.6 is 0 Å². The van der Waals surface area contributed by atoms with E-state index in [0.29, 0.717) is 0 Å². The molecule has 0 aliphatic carbocycles. The quantitative estimate of drug-likeness (QED) is 0.584. The van der Waals surface area contributed by atoms with Crippen LogP contribution < -0.4 is 12.3 Å². The molecule has 0 saturated heterocycles. The molecule has 4 heteroatoms. The molecule has 0 radical (unpaired) electrons. The predicted octanol–water partition coefficient (Wildman–Crippen LogP) is 0.319. The molecule has 0 atom stereocenters. The van der Waals surface area contributed by atoms with Gasteiger partial charge in [-0.25, -0.2) is 0 Å². The summed E-state index contributed by atoms with van der Waals surface area (Å²) in [5.41, 5.74) is 0. The van der Waals surface area contributed by atoms with Crippen LogP contribution in [-0.4, -0.2) is 0 Å². The molecule has 0 aromatic rings. The summed E-state index contributed by atoms with van der Waals surface area (Å²) >= 11 is 0. The van der Waals surface area contributed by atoms with E-state index >= 15 is 0 Å². The third-order valence-electron chi connectivity index (χ3n) is 0. The maximum absolute atomic E-state index is 0. The van der Waals surface area contributed by atoms with Crippen LogP contribution in [0.5, 0.6) is 0 Å². The zero-order valence-corrected chi connectivity index (χ0v) is 6.24. The molecule has 6 N–H and O–H groups in total. The van der Waals surface area contributed by atoms with Crippen LogP contribution in [0.15, 0.2) is 0 Å². The van der Waals surface area contributed by atoms with Gasteiger partial charge in [0.05, 0.1) is 0 Å². The molecular weight excluding hydrogens is 220 g/mol. The Bertz CT molecular complexity index is 4.00. The molecule has 0 saturated carbocycles. The van der Waals surface area contributed by atoms with E-state index in [1.807, 2.05) is 0 Å². The van der Waals surface area contributed by atoms with E-state index in [0.717, 1.165) is 0 Å². The van der Waals surface area contributed by atoms with Crippen molar-refractivity contribution in [2.75, 3.05) is 0 Å². The Labute approximate surface area is 54.4 Å². The summed E-state index contributed by atoms with van der Waals surface area (Å²) in [5, 5.41) is 0. The van der Waals surface area contributed by atoms with Crippen LogP contribution in [0.3, 0.4) is 0 Å². The monoisotopic (exact) mass is 230 g/mol. The van der Waals surface area contributed by atoms with Crippen LogP contribution in [-0.2, 0) is 42.1 Å². The van der Waals surface area contributed by atoms with E-state index in [1.54, 1.807) is 0 Å². The fourth-order valence-corrected chi connectivity index (χ4v) is 0. The first-order valence-corrected chi connectivity index (χ1v) is 0. The first kappa shape index (κ1) is 58.2. The van der Waals surface area contributed by atoms with Crippen LogP contribution in [0.1, 0.15) is 0 Å². The zero-order chi connectivity index (χ0) is 0. The van der Waals surface area contributed by atoms with Crippen molar-refractivity contribution in [1.29, 1.82) is 0 Å². The first-order valence-electron chi connectivity index (χ1n) is 0. The van der Waals surface area contributed by atoms with E-state index in [1.165, 1.54) is 0 Å². The maximum Gasteiger partial charge on any atom is 0 e. The standard InChI is InChI=1S/2Mo.2H3N/h;;2*1H3. The van der Waals surface area contributed by atoms with Gasteiger partial charge in [-0.3, -0.25) is 0 Å². The van der Waals surface area contributed by atoms with E-state index < -0.39 is 0 Å². The van der Waals surface area contributed by atoms with Crippen LogP contribution in [0.4, 0.5) is 0 Å². The van der Waals surface area contributed by atoms with Gasteiger partial charge in [0.2, 0.25) is 0 Å². The Balaban J connectivity index is 0. The molecule has 0 aromatic heterocycles. The largest absolute Gasteiger partial charge is 0.344 e. The topological polar surface area (TPSA) is 70.0 Å². The summed E-state index contributed by atoms with van der Waals surface area (Å²) in [5.74, 6) is 0. The van der Waals surface area contributed by atoms with Gasteiger partial charge in [0.25, 0.3) is 0 Å². The van der Waals surface area contributed by atoms with Gasteiger partial charge in [-0.1, -0.05) is 0 Å². The van der Waals surface area contributed by atoms with Gasteiger partial charge in [-0.05, 0) is 0 Å². The van der Waals surface area contributed by atoms with Gasteiger partial charge >= 0.3 is 0 Å². The third kappa shape index (κ3) is 10.3. The van der Waals surface area contributed by atoms with Crippen molar-refractivity contribution in [2.24, 2.45) is 0 Å². The van der Waals surface area contributed by atoms with Crippen molar-refractivity contribution in [3.05, 3.63) is 0 Å². The molecule has 0 unspecified atom stereocenters. The van der Waals surface area contributed by atoms with E-state index in [9.17, 15) is 0 Å². The number of rotatable bonds is 0. The molecule has 0 bridgehead atoms. The molecule has 0 aliphatic rings. The van der Waals surface area contributed by atoms with Crippen molar-refractivity contribution in [3.63, 3.8) is 0 Å². The molecule has 0 rings (SSSR count). The van der Waals surface area contributed by atoms with Gasteiger partial charge in [-0.2, -0.15) is 0 Å². The SMILES string of the molecule is N.N.[Mo].[Mo]. The predicted molar refractivity (Wildman–Crippen MR) is 10.0 cm³/mol. The number of hydrogen-bond donors (Lipinski definition) is 2. The Kier molecular flexibility index (Phi) is 404. The minimum Gasteiger partial charge on any atom is -0.344 e. The molecular formula is H6Mo2N2. The Morgan fingerprint density at radius 3 is 0.500 bits per heavy atom. The van der Waals surface area contributed by atoms with Gasteiger partial charge in [0.15, 0.2) is 0 Å². The van der Waals surface area contributed by atoms with Crippen molar-refractivity contribution in [2.45, 2.75) is 0 Å². The molecule has 0 aliphatic heterocycles. The van der Waals surface area contributed by atoms with Gasteiger partial charge in [-0.15, -0.1) is 0 Å². The minimum atomic E-state index is 0. The Hall–Kier alpha value is 1.30. The molecule has 2 nitrogen and oxygen atoms in total. The summed E-state index contributed by atoms with van der Waals surface area (Å²) in [6, 6.07) is 0. The second-order valence-electron chi connectivity index (χ2n) is 0. The first-order chi connectivity index (χ1) is 0. The normalized spacial score (nSPS) is 0. The van der Waals surface area contributed by atoms with Crippen molar-refractivity contribution >= 4 is 0 Å². The maximum atomic E-state index is 0. The fourth-order valence-electron chi connectivity index (χ4n) is 0. The molecule has 0 amide bonds. The molecule has 0 fully saturated rings.